The van der Waals surface area contributed by atoms with E-state index >= 15 is 0 Å². The largest absolute Gasteiger partial charge is 0.115 e. The van der Waals surface area contributed by atoms with Crippen molar-refractivity contribution in [1.82, 2.24) is 0 Å². The van der Waals surface area contributed by atoms with Crippen molar-refractivity contribution in [3.63, 3.8) is 0 Å². The molecule has 0 aliphatic heterocycles. The van der Waals surface area contributed by atoms with Gasteiger partial charge >= 0.3 is 0 Å². The van der Waals surface area contributed by atoms with Crippen LogP contribution in [0.2, 0.25) is 0 Å². The molecule has 0 heteroatoms. The van der Waals surface area contributed by atoms with Gasteiger partial charge in [-0.1, -0.05) is 49.7 Å². The molecule has 0 aliphatic carbocycles. The van der Waals surface area contributed by atoms with Gasteiger partial charge in [0.15, 0.2) is 0 Å². The Kier molecular flexibility index (Phi) is 12.4. The number of terminal acetylenes is 2. The molecule has 0 aliphatic rings. The first kappa shape index (κ1) is 14.6. The van der Waals surface area contributed by atoms with Crippen molar-refractivity contribution in [2.24, 2.45) is 0 Å². The maximum atomic E-state index is 5.10. The lowest BCUT2D eigenvalue weighted by atomic mass is 10.1. The van der Waals surface area contributed by atoms with Crippen LogP contribution in [0.15, 0.2) is 24.3 Å². The van der Waals surface area contributed by atoms with E-state index in [1.54, 1.807) is 12.2 Å². The molecule has 0 fully saturated rings. The summed E-state index contributed by atoms with van der Waals surface area (Å²) in [5, 5.41) is 0. The molecule has 86 valence electrons. The Morgan fingerprint density at radius 3 is 1.38 bits per heavy atom. The lowest BCUT2D eigenvalue weighted by Gasteiger charge is -1.98. The van der Waals surface area contributed by atoms with Crippen molar-refractivity contribution < 1.29 is 0 Å². The molecule has 0 aromatic heterocycles. The monoisotopic (exact) mass is 214 g/mol. The Morgan fingerprint density at radius 1 is 0.625 bits per heavy atom. The van der Waals surface area contributed by atoms with Gasteiger partial charge in [0.25, 0.3) is 0 Å². The van der Waals surface area contributed by atoms with Gasteiger partial charge in [-0.05, 0) is 37.8 Å². The summed E-state index contributed by atoms with van der Waals surface area (Å²) in [7, 11) is 0. The Labute approximate surface area is 101 Å². The summed E-state index contributed by atoms with van der Waals surface area (Å²) in [6, 6.07) is 0. The average molecular weight is 214 g/mol. The zero-order valence-corrected chi connectivity index (χ0v) is 10.1. The van der Waals surface area contributed by atoms with Crippen molar-refractivity contribution in [2.45, 2.75) is 51.4 Å². The molecule has 0 atom stereocenters. The van der Waals surface area contributed by atoms with Crippen molar-refractivity contribution in [2.75, 3.05) is 0 Å². The Hall–Kier alpha value is -1.40. The van der Waals surface area contributed by atoms with E-state index in [1.165, 1.54) is 38.5 Å². The molecule has 16 heavy (non-hydrogen) atoms. The molecule has 0 aromatic rings. The first-order chi connectivity index (χ1) is 7.91. The van der Waals surface area contributed by atoms with Crippen LogP contribution >= 0.6 is 0 Å². The maximum absolute atomic E-state index is 5.10. The highest BCUT2D eigenvalue weighted by Gasteiger charge is 1.89. The van der Waals surface area contributed by atoms with E-state index in [0.717, 1.165) is 12.8 Å². The summed E-state index contributed by atoms with van der Waals surface area (Å²) in [4.78, 5) is 0. The van der Waals surface area contributed by atoms with Crippen LogP contribution in [0.1, 0.15) is 51.4 Å². The van der Waals surface area contributed by atoms with E-state index in [4.69, 9.17) is 12.8 Å². The van der Waals surface area contributed by atoms with Crippen molar-refractivity contribution in [3.8, 4) is 24.7 Å². The van der Waals surface area contributed by atoms with E-state index in [0.29, 0.717) is 0 Å². The molecule has 0 unspecified atom stereocenters. The number of hydrogen-bond acceptors (Lipinski definition) is 0. The lowest BCUT2D eigenvalue weighted by Crippen LogP contribution is -1.79. The third-order valence-corrected chi connectivity index (χ3v) is 2.42. The van der Waals surface area contributed by atoms with Crippen molar-refractivity contribution in [1.29, 1.82) is 0 Å². The minimum atomic E-state index is 1.12. The molecule has 0 heterocycles. The van der Waals surface area contributed by atoms with Gasteiger partial charge in [-0.2, -0.15) is 0 Å². The van der Waals surface area contributed by atoms with Crippen molar-refractivity contribution in [3.05, 3.63) is 24.3 Å². The highest BCUT2D eigenvalue weighted by Crippen LogP contribution is 2.09. The highest BCUT2D eigenvalue weighted by atomic mass is 14.0. The third kappa shape index (κ3) is 12.6. The molecule has 0 bridgehead atoms. The fraction of sp³-hybridized carbons (Fsp3) is 0.500. The Bertz CT molecular complexity index is 237. The predicted molar refractivity (Wildman–Crippen MR) is 72.9 cm³/mol. The molecular formula is C16H22. The van der Waals surface area contributed by atoms with Crippen LogP contribution in [-0.2, 0) is 0 Å². The first-order valence-corrected chi connectivity index (χ1v) is 6.14. The summed E-state index contributed by atoms with van der Waals surface area (Å²) in [5.74, 6) is 5.00. The van der Waals surface area contributed by atoms with Gasteiger partial charge in [-0.25, -0.2) is 0 Å². The maximum Gasteiger partial charge on any atom is -0.0162 e. The molecule has 0 nitrogen and oxygen atoms in total. The lowest BCUT2D eigenvalue weighted by molar-refractivity contribution is 0.600. The summed E-state index contributed by atoms with van der Waals surface area (Å²) < 4.78 is 0. The van der Waals surface area contributed by atoms with Crippen LogP contribution in [-0.4, -0.2) is 0 Å². The fourth-order valence-corrected chi connectivity index (χ4v) is 1.53. The van der Waals surface area contributed by atoms with E-state index in [1.807, 2.05) is 0 Å². The Morgan fingerprint density at radius 2 is 1.00 bits per heavy atom. The van der Waals surface area contributed by atoms with Gasteiger partial charge < -0.3 is 0 Å². The first-order valence-electron chi connectivity index (χ1n) is 6.14. The second-order valence-corrected chi connectivity index (χ2v) is 3.84. The van der Waals surface area contributed by atoms with Crippen LogP contribution in [0.25, 0.3) is 0 Å². The minimum Gasteiger partial charge on any atom is -0.115 e. The van der Waals surface area contributed by atoms with Crippen LogP contribution in [0, 0.1) is 24.7 Å². The van der Waals surface area contributed by atoms with E-state index < -0.39 is 0 Å². The molecule has 0 spiro atoms. The summed E-state index contributed by atoms with van der Waals surface area (Å²) >= 11 is 0. The summed E-state index contributed by atoms with van der Waals surface area (Å²) in [5.41, 5.74) is 0. The molecule has 0 N–H and O–H groups in total. The molecule has 0 aromatic carbocycles. The molecule has 0 amide bonds. The van der Waals surface area contributed by atoms with Crippen LogP contribution in [0.4, 0.5) is 0 Å². The zero-order valence-electron chi connectivity index (χ0n) is 10.1. The smallest absolute Gasteiger partial charge is 0.0162 e. The van der Waals surface area contributed by atoms with Crippen LogP contribution < -0.4 is 0 Å². The van der Waals surface area contributed by atoms with Crippen molar-refractivity contribution >= 4 is 0 Å². The summed E-state index contributed by atoms with van der Waals surface area (Å²) in [6.07, 6.45) is 28.0. The number of hydrogen-bond donors (Lipinski definition) is 0. The van der Waals surface area contributed by atoms with Gasteiger partial charge in [0.1, 0.15) is 0 Å². The predicted octanol–water partition coefficient (Wildman–Crippen LogP) is 4.49. The van der Waals surface area contributed by atoms with Gasteiger partial charge in [-0.15, -0.1) is 12.8 Å². The number of rotatable bonds is 9. The topological polar surface area (TPSA) is 0 Å². The number of allylic oxidation sites excluding steroid dienone is 4. The second-order valence-electron chi connectivity index (χ2n) is 3.84. The summed E-state index contributed by atoms with van der Waals surface area (Å²) in [6.45, 7) is 0. The second kappa shape index (κ2) is 13.6. The normalized spacial score (nSPS) is 10.6. The van der Waals surface area contributed by atoms with Gasteiger partial charge in [0.05, 0.1) is 0 Å². The van der Waals surface area contributed by atoms with Gasteiger partial charge in [-0.3, -0.25) is 0 Å². The molecular weight excluding hydrogens is 192 g/mol. The van der Waals surface area contributed by atoms with E-state index in [2.05, 4.69) is 24.0 Å². The van der Waals surface area contributed by atoms with Crippen LogP contribution in [0.5, 0.6) is 0 Å². The van der Waals surface area contributed by atoms with E-state index in [-0.39, 0.29) is 0 Å². The SMILES string of the molecule is C#C/C=C/CCCCCCCC/C=C/C#C. The molecule has 0 radical (unpaired) electrons. The van der Waals surface area contributed by atoms with Gasteiger partial charge in [0.2, 0.25) is 0 Å². The molecule has 0 saturated heterocycles. The van der Waals surface area contributed by atoms with E-state index in [9.17, 15) is 0 Å². The quantitative estimate of drug-likeness (QED) is 0.392. The fourth-order valence-electron chi connectivity index (χ4n) is 1.53. The minimum absolute atomic E-state index is 1.12. The average Bonchev–Trinajstić information content (AvgIpc) is 2.31. The zero-order chi connectivity index (χ0) is 11.9. The van der Waals surface area contributed by atoms with Crippen LogP contribution in [0.3, 0.4) is 0 Å². The standard InChI is InChI=1S/C16H22/c1-3-5-7-9-11-13-15-16-14-12-10-8-6-4-2/h1-2,5-8H,9-16H2/b7-5+,8-6+. The Balaban J connectivity index is 3.05. The highest BCUT2D eigenvalue weighted by molar-refractivity contribution is 5.08. The molecule has 0 rings (SSSR count). The number of unbranched alkanes of at least 4 members (excludes halogenated alkanes) is 7. The third-order valence-electron chi connectivity index (χ3n) is 2.42. The van der Waals surface area contributed by atoms with Gasteiger partial charge in [0, 0.05) is 0 Å². The molecule has 0 saturated carbocycles.